The lowest BCUT2D eigenvalue weighted by atomic mass is 9.97. The van der Waals surface area contributed by atoms with Gasteiger partial charge in [-0.15, -0.1) is 0 Å². The molecular formula is C26H26N2O4. The number of benzene rings is 3. The summed E-state index contributed by atoms with van der Waals surface area (Å²) in [7, 11) is 3.09. The average Bonchev–Trinajstić information content (AvgIpc) is 3.00. The second-order valence-electron chi connectivity index (χ2n) is 7.37. The number of methoxy groups -OCH3 is 2. The number of rotatable bonds is 4. The average molecular weight is 431 g/mol. The Morgan fingerprint density at radius 3 is 2.03 bits per heavy atom. The quantitative estimate of drug-likeness (QED) is 0.434. The Kier molecular flexibility index (Phi) is 6.40. The monoisotopic (exact) mass is 430 g/mol. The molecule has 0 atom stereocenters. The first-order valence-corrected chi connectivity index (χ1v) is 10.5. The molecule has 1 aliphatic rings. The first kappa shape index (κ1) is 21.4. The molecule has 32 heavy (non-hydrogen) atoms. The molecule has 0 fully saturated rings. The zero-order chi connectivity index (χ0) is 22.5. The fourth-order valence-corrected chi connectivity index (χ4v) is 3.89. The van der Waals surface area contributed by atoms with Crippen LogP contribution in [0.3, 0.4) is 0 Å². The molecule has 0 bridgehead atoms. The van der Waals surface area contributed by atoms with E-state index in [0.29, 0.717) is 42.8 Å². The van der Waals surface area contributed by atoms with Gasteiger partial charge in [0.25, 0.3) is 11.9 Å². The maximum absolute atomic E-state index is 13.0. The number of carbonyl (C=O) groups is 1. The van der Waals surface area contributed by atoms with Crippen molar-refractivity contribution in [1.82, 2.24) is 4.90 Å². The summed E-state index contributed by atoms with van der Waals surface area (Å²) in [5, 5.41) is 0. The van der Waals surface area contributed by atoms with E-state index < -0.39 is 5.91 Å². The van der Waals surface area contributed by atoms with Crippen LogP contribution in [0.15, 0.2) is 71.7 Å². The molecule has 0 unspecified atom stereocenters. The highest BCUT2D eigenvalue weighted by Crippen LogP contribution is 2.33. The van der Waals surface area contributed by atoms with Crippen molar-refractivity contribution < 1.29 is 19.0 Å². The summed E-state index contributed by atoms with van der Waals surface area (Å²) in [6.07, 6.45) is 0. The van der Waals surface area contributed by atoms with Gasteiger partial charge in [0.05, 0.1) is 20.8 Å². The predicted octanol–water partition coefficient (Wildman–Crippen LogP) is 4.92. The highest BCUT2D eigenvalue weighted by molar-refractivity contribution is 6.01. The number of aliphatic imine (C=N–C) groups is 1. The first-order valence-electron chi connectivity index (χ1n) is 10.5. The zero-order valence-corrected chi connectivity index (χ0v) is 18.5. The molecule has 1 aliphatic heterocycles. The van der Waals surface area contributed by atoms with Crippen molar-refractivity contribution in [3.05, 3.63) is 83.4 Å². The maximum atomic E-state index is 13.0. The minimum absolute atomic E-state index is 0.304. The molecule has 0 aromatic heterocycles. The Morgan fingerprint density at radius 1 is 0.875 bits per heavy atom. The summed E-state index contributed by atoms with van der Waals surface area (Å²) in [6, 6.07) is 21.9. The van der Waals surface area contributed by atoms with Gasteiger partial charge in [0.15, 0.2) is 11.5 Å². The molecule has 0 radical (unpaired) electrons. The molecule has 3 aromatic rings. The Hall–Kier alpha value is -3.80. The van der Waals surface area contributed by atoms with Crippen LogP contribution in [0.5, 0.6) is 11.5 Å². The standard InChI is InChI=1S/C26H26N2O4/c1-4-32-26(27-25(29)18-13-14-23(30-2)24(15-18)31-3)28-16-19-9-5-7-11-21(19)22-12-8-6-10-20(22)17-28/h5-15H,4,16-17H2,1-3H3/b27-26-. The van der Waals surface area contributed by atoms with Crippen LogP contribution >= 0.6 is 0 Å². The van der Waals surface area contributed by atoms with Crippen LogP contribution in [-0.4, -0.2) is 37.7 Å². The van der Waals surface area contributed by atoms with Gasteiger partial charge in [0.2, 0.25) is 0 Å². The molecule has 1 heterocycles. The Labute approximate surface area is 188 Å². The largest absolute Gasteiger partial charge is 0.493 e. The van der Waals surface area contributed by atoms with Crippen molar-refractivity contribution >= 4 is 11.9 Å². The normalized spacial score (nSPS) is 13.0. The Bertz CT molecular complexity index is 1110. The smallest absolute Gasteiger partial charge is 0.296 e. The number of hydrogen-bond acceptors (Lipinski definition) is 4. The van der Waals surface area contributed by atoms with Crippen LogP contribution in [0, 0.1) is 0 Å². The minimum atomic E-state index is -0.403. The third kappa shape index (κ3) is 4.30. The molecular weight excluding hydrogens is 404 g/mol. The number of nitrogens with zero attached hydrogens (tertiary/aromatic N) is 2. The van der Waals surface area contributed by atoms with Crippen molar-refractivity contribution in [1.29, 1.82) is 0 Å². The maximum Gasteiger partial charge on any atom is 0.296 e. The molecule has 0 aliphatic carbocycles. The Balaban J connectivity index is 1.71. The van der Waals surface area contributed by atoms with Gasteiger partial charge in [-0.2, -0.15) is 4.99 Å². The number of fused-ring (bicyclic) bond motifs is 3. The summed E-state index contributed by atoms with van der Waals surface area (Å²) < 4.78 is 16.4. The summed E-state index contributed by atoms with van der Waals surface area (Å²) >= 11 is 0. The van der Waals surface area contributed by atoms with E-state index in [1.165, 1.54) is 18.2 Å². The summed E-state index contributed by atoms with van der Waals surface area (Å²) in [5.41, 5.74) is 5.09. The van der Waals surface area contributed by atoms with Gasteiger partial charge in [-0.3, -0.25) is 4.79 Å². The number of amides is 1. The fourth-order valence-electron chi connectivity index (χ4n) is 3.89. The van der Waals surface area contributed by atoms with Gasteiger partial charge in [0, 0.05) is 18.7 Å². The topological polar surface area (TPSA) is 60.4 Å². The minimum Gasteiger partial charge on any atom is -0.493 e. The van der Waals surface area contributed by atoms with Crippen molar-refractivity contribution in [2.45, 2.75) is 20.0 Å². The molecule has 6 heteroatoms. The molecule has 6 nitrogen and oxygen atoms in total. The van der Waals surface area contributed by atoms with E-state index in [9.17, 15) is 4.79 Å². The highest BCUT2D eigenvalue weighted by atomic mass is 16.5. The molecule has 0 N–H and O–H groups in total. The molecule has 0 saturated heterocycles. The lowest BCUT2D eigenvalue weighted by Crippen LogP contribution is -2.32. The lowest BCUT2D eigenvalue weighted by Gasteiger charge is -2.24. The second-order valence-corrected chi connectivity index (χ2v) is 7.37. The van der Waals surface area contributed by atoms with Crippen LogP contribution in [0.4, 0.5) is 0 Å². The van der Waals surface area contributed by atoms with Crippen LogP contribution in [0.1, 0.15) is 28.4 Å². The van der Waals surface area contributed by atoms with Crippen molar-refractivity contribution in [3.8, 4) is 22.6 Å². The first-order chi connectivity index (χ1) is 15.6. The van der Waals surface area contributed by atoms with Crippen molar-refractivity contribution in [3.63, 3.8) is 0 Å². The van der Waals surface area contributed by atoms with Crippen LogP contribution in [-0.2, 0) is 17.8 Å². The van der Waals surface area contributed by atoms with Gasteiger partial charge >= 0.3 is 0 Å². The third-order valence-electron chi connectivity index (χ3n) is 5.42. The summed E-state index contributed by atoms with van der Waals surface area (Å²) in [4.78, 5) is 19.4. The van der Waals surface area contributed by atoms with Gasteiger partial charge in [-0.05, 0) is 47.4 Å². The molecule has 164 valence electrons. The van der Waals surface area contributed by atoms with E-state index in [0.717, 1.165) is 11.1 Å². The predicted molar refractivity (Wildman–Crippen MR) is 124 cm³/mol. The van der Waals surface area contributed by atoms with E-state index in [4.69, 9.17) is 14.2 Å². The number of amidine groups is 1. The van der Waals surface area contributed by atoms with Crippen molar-refractivity contribution in [2.24, 2.45) is 4.99 Å². The second kappa shape index (κ2) is 9.56. The van der Waals surface area contributed by atoms with Crippen LogP contribution in [0.25, 0.3) is 11.1 Å². The van der Waals surface area contributed by atoms with Gasteiger partial charge in [-0.25, -0.2) is 0 Å². The van der Waals surface area contributed by atoms with Gasteiger partial charge in [-0.1, -0.05) is 48.5 Å². The van der Waals surface area contributed by atoms with E-state index in [1.54, 1.807) is 25.3 Å². The molecule has 1 amide bonds. The SMILES string of the molecule is CCO/C(=N\C(=O)c1ccc(OC)c(OC)c1)N1Cc2ccccc2-c2ccccc2C1. The number of hydrogen-bond donors (Lipinski definition) is 0. The summed E-state index contributed by atoms with van der Waals surface area (Å²) in [6.45, 7) is 3.46. The van der Waals surface area contributed by atoms with Crippen LogP contribution in [0.2, 0.25) is 0 Å². The third-order valence-corrected chi connectivity index (χ3v) is 5.42. The molecule has 4 rings (SSSR count). The molecule has 3 aromatic carbocycles. The molecule has 0 saturated carbocycles. The van der Waals surface area contributed by atoms with Gasteiger partial charge < -0.3 is 19.1 Å². The van der Waals surface area contributed by atoms with E-state index >= 15 is 0 Å². The highest BCUT2D eigenvalue weighted by Gasteiger charge is 2.23. The zero-order valence-electron chi connectivity index (χ0n) is 18.5. The lowest BCUT2D eigenvalue weighted by molar-refractivity contribution is 0.0993. The summed E-state index contributed by atoms with van der Waals surface area (Å²) in [5.74, 6) is 0.628. The number of ether oxygens (including phenoxy) is 3. The van der Waals surface area contributed by atoms with Gasteiger partial charge in [0.1, 0.15) is 0 Å². The van der Waals surface area contributed by atoms with E-state index in [-0.39, 0.29) is 0 Å². The van der Waals surface area contributed by atoms with E-state index in [1.807, 2.05) is 36.1 Å². The fraction of sp³-hybridized carbons (Fsp3) is 0.231. The van der Waals surface area contributed by atoms with Crippen molar-refractivity contribution in [2.75, 3.05) is 20.8 Å². The van der Waals surface area contributed by atoms with Crippen LogP contribution < -0.4 is 9.47 Å². The Morgan fingerprint density at radius 2 is 1.47 bits per heavy atom. The molecule has 0 spiro atoms. The number of carbonyl (C=O) groups excluding carboxylic acids is 1. The van der Waals surface area contributed by atoms with E-state index in [2.05, 4.69) is 29.3 Å².